The molecule has 1 amide bonds. The second kappa shape index (κ2) is 9.23. The first-order valence-electron chi connectivity index (χ1n) is 12.0. The number of hydrogen-bond donors (Lipinski definition) is 0. The lowest BCUT2D eigenvalue weighted by atomic mass is 9.84. The van der Waals surface area contributed by atoms with Crippen LogP contribution in [-0.2, 0) is 23.1 Å². The number of pyridine rings is 2. The molecule has 0 radical (unpaired) electrons. The Bertz CT molecular complexity index is 1150. The minimum absolute atomic E-state index is 0.116. The van der Waals surface area contributed by atoms with Gasteiger partial charge in [-0.2, -0.15) is 0 Å². The monoisotopic (exact) mass is 518 g/mol. The fourth-order valence-electron chi connectivity index (χ4n) is 5.38. The van der Waals surface area contributed by atoms with Gasteiger partial charge in [0.25, 0.3) is 0 Å². The fraction of sp³-hybridized carbons (Fsp3) is 0.393. The minimum atomic E-state index is -0.594. The molecule has 34 heavy (non-hydrogen) atoms. The van der Waals surface area contributed by atoms with Crippen LogP contribution in [-0.4, -0.2) is 51.9 Å². The van der Waals surface area contributed by atoms with Crippen LogP contribution >= 0.6 is 15.9 Å². The summed E-state index contributed by atoms with van der Waals surface area (Å²) in [7, 11) is 0. The van der Waals surface area contributed by atoms with Gasteiger partial charge in [-0.05, 0) is 83.9 Å². The van der Waals surface area contributed by atoms with Gasteiger partial charge < -0.3 is 4.90 Å². The van der Waals surface area contributed by atoms with E-state index in [1.165, 1.54) is 22.3 Å². The Hall–Kier alpha value is -2.57. The molecule has 3 aromatic rings. The first-order valence-corrected chi connectivity index (χ1v) is 12.8. The number of carbonyl (C=O) groups is 1. The maximum Gasteiger partial charge on any atom is 0.232 e. The lowest BCUT2D eigenvalue weighted by molar-refractivity contribution is -0.138. The van der Waals surface area contributed by atoms with E-state index in [4.69, 9.17) is 4.98 Å². The third kappa shape index (κ3) is 4.29. The predicted molar refractivity (Wildman–Crippen MR) is 138 cm³/mol. The molecule has 1 atom stereocenters. The molecule has 1 saturated heterocycles. The van der Waals surface area contributed by atoms with Gasteiger partial charge in [0.15, 0.2) is 0 Å². The summed E-state index contributed by atoms with van der Waals surface area (Å²) in [5, 5.41) is 0. The van der Waals surface area contributed by atoms with Crippen LogP contribution in [0.15, 0.2) is 59.5 Å². The molecular formula is C28H31BrN4O. The highest BCUT2D eigenvalue weighted by Gasteiger charge is 2.38. The van der Waals surface area contributed by atoms with Crippen molar-refractivity contribution in [1.29, 1.82) is 0 Å². The molecule has 1 aromatic carbocycles. The summed E-state index contributed by atoms with van der Waals surface area (Å²) in [6, 6.07) is 13.1. The fourth-order valence-corrected chi connectivity index (χ4v) is 5.76. The maximum absolute atomic E-state index is 13.5. The molecule has 0 saturated carbocycles. The van der Waals surface area contributed by atoms with E-state index >= 15 is 0 Å². The Morgan fingerprint density at radius 3 is 2.53 bits per heavy atom. The SMILES string of the molecule is Cc1ccc2c(c1)CCc1cc(Br)cnc1C2N1CCN(C(=O)C(C)(C)c2cccnc2)CC1. The molecule has 5 rings (SSSR count). The number of halogens is 1. The summed E-state index contributed by atoms with van der Waals surface area (Å²) in [6.07, 6.45) is 7.49. The molecule has 1 fully saturated rings. The summed E-state index contributed by atoms with van der Waals surface area (Å²) in [5.41, 5.74) is 6.89. The van der Waals surface area contributed by atoms with Crippen LogP contribution in [0.1, 0.15) is 53.4 Å². The molecule has 1 unspecified atom stereocenters. The van der Waals surface area contributed by atoms with Crippen LogP contribution in [0.2, 0.25) is 0 Å². The third-order valence-electron chi connectivity index (χ3n) is 7.37. The van der Waals surface area contributed by atoms with Gasteiger partial charge in [0.1, 0.15) is 0 Å². The number of hydrogen-bond acceptors (Lipinski definition) is 4. The van der Waals surface area contributed by atoms with Gasteiger partial charge in [-0.1, -0.05) is 29.8 Å². The number of aryl methyl sites for hydroxylation is 3. The Morgan fingerprint density at radius 1 is 1.03 bits per heavy atom. The van der Waals surface area contributed by atoms with Crippen molar-refractivity contribution in [3.63, 3.8) is 0 Å². The van der Waals surface area contributed by atoms with Gasteiger partial charge in [0, 0.05) is 49.2 Å². The van der Waals surface area contributed by atoms with E-state index in [9.17, 15) is 4.79 Å². The van der Waals surface area contributed by atoms with E-state index in [1.54, 1.807) is 12.4 Å². The van der Waals surface area contributed by atoms with E-state index < -0.39 is 5.41 Å². The molecule has 0 N–H and O–H groups in total. The van der Waals surface area contributed by atoms with Gasteiger partial charge >= 0.3 is 0 Å². The molecule has 3 heterocycles. The smallest absolute Gasteiger partial charge is 0.232 e. The first-order chi connectivity index (χ1) is 16.3. The van der Waals surface area contributed by atoms with Crippen LogP contribution in [0, 0.1) is 6.92 Å². The minimum Gasteiger partial charge on any atom is -0.339 e. The Kier molecular flexibility index (Phi) is 6.30. The number of aromatic nitrogens is 2. The normalized spacial score (nSPS) is 18.7. The van der Waals surface area contributed by atoms with Crippen molar-refractivity contribution in [2.24, 2.45) is 0 Å². The number of carbonyl (C=O) groups excluding carboxylic acids is 1. The molecular weight excluding hydrogens is 488 g/mol. The highest BCUT2D eigenvalue weighted by Crippen LogP contribution is 2.37. The lowest BCUT2D eigenvalue weighted by Crippen LogP contribution is -2.54. The summed E-state index contributed by atoms with van der Waals surface area (Å²) in [4.78, 5) is 27.2. The summed E-state index contributed by atoms with van der Waals surface area (Å²) in [5.74, 6) is 0.166. The van der Waals surface area contributed by atoms with Crippen LogP contribution in [0.5, 0.6) is 0 Å². The number of amides is 1. The molecule has 1 aliphatic heterocycles. The molecule has 5 nitrogen and oxygen atoms in total. The lowest BCUT2D eigenvalue weighted by Gasteiger charge is -2.42. The zero-order valence-corrected chi connectivity index (χ0v) is 21.7. The van der Waals surface area contributed by atoms with Gasteiger partial charge in [-0.15, -0.1) is 0 Å². The number of nitrogens with zero attached hydrogens (tertiary/aromatic N) is 4. The Balaban J connectivity index is 1.41. The van der Waals surface area contributed by atoms with E-state index in [0.29, 0.717) is 13.1 Å². The average Bonchev–Trinajstić information content (AvgIpc) is 3.00. The first kappa shape index (κ1) is 23.2. The maximum atomic E-state index is 13.5. The van der Waals surface area contributed by atoms with E-state index in [1.807, 2.05) is 37.1 Å². The second-order valence-corrected chi connectivity index (χ2v) is 10.9. The molecule has 0 bridgehead atoms. The van der Waals surface area contributed by atoms with Crippen molar-refractivity contribution in [2.45, 2.75) is 45.1 Å². The van der Waals surface area contributed by atoms with Gasteiger partial charge in [-0.3, -0.25) is 19.7 Å². The van der Waals surface area contributed by atoms with Crippen molar-refractivity contribution < 1.29 is 4.79 Å². The molecule has 2 aromatic heterocycles. The second-order valence-electron chi connectivity index (χ2n) is 10.00. The molecule has 2 aliphatic rings. The highest BCUT2D eigenvalue weighted by atomic mass is 79.9. The standard InChI is InChI=1S/C28H31BrN4O/c1-19-6-9-24-20(15-19)7-8-21-16-23(29)18-31-25(21)26(24)32-11-13-33(14-12-32)27(34)28(2,3)22-5-4-10-30-17-22/h4-6,9-10,15-18,26H,7-8,11-14H2,1-3H3. The van der Waals surface area contributed by atoms with E-state index in [-0.39, 0.29) is 11.9 Å². The van der Waals surface area contributed by atoms with Crippen molar-refractivity contribution >= 4 is 21.8 Å². The van der Waals surface area contributed by atoms with Gasteiger partial charge in [-0.25, -0.2) is 0 Å². The number of fused-ring (bicyclic) bond motifs is 2. The molecule has 1 aliphatic carbocycles. The van der Waals surface area contributed by atoms with Gasteiger partial charge in [0.2, 0.25) is 5.91 Å². The largest absolute Gasteiger partial charge is 0.339 e. The van der Waals surface area contributed by atoms with Crippen molar-refractivity contribution in [3.8, 4) is 0 Å². The number of piperazine rings is 1. The van der Waals surface area contributed by atoms with Crippen LogP contribution < -0.4 is 0 Å². The summed E-state index contributed by atoms with van der Waals surface area (Å²) < 4.78 is 1.03. The molecule has 6 heteroatoms. The van der Waals surface area contributed by atoms with E-state index in [0.717, 1.165) is 41.7 Å². The summed E-state index contributed by atoms with van der Waals surface area (Å²) in [6.45, 7) is 9.24. The van der Waals surface area contributed by atoms with Crippen LogP contribution in [0.3, 0.4) is 0 Å². The van der Waals surface area contributed by atoms with Crippen molar-refractivity contribution in [2.75, 3.05) is 26.2 Å². The topological polar surface area (TPSA) is 49.3 Å². The number of rotatable bonds is 3. The zero-order chi connectivity index (χ0) is 23.9. The Labute approximate surface area is 210 Å². The predicted octanol–water partition coefficient (Wildman–Crippen LogP) is 4.86. The van der Waals surface area contributed by atoms with E-state index in [2.05, 4.69) is 57.0 Å². The van der Waals surface area contributed by atoms with Crippen molar-refractivity contribution in [3.05, 3.63) is 93.0 Å². The third-order valence-corrected chi connectivity index (χ3v) is 7.80. The van der Waals surface area contributed by atoms with Crippen molar-refractivity contribution in [1.82, 2.24) is 19.8 Å². The summed E-state index contributed by atoms with van der Waals surface area (Å²) >= 11 is 3.62. The Morgan fingerprint density at radius 2 is 1.79 bits per heavy atom. The average molecular weight is 519 g/mol. The molecule has 176 valence electrons. The molecule has 0 spiro atoms. The highest BCUT2D eigenvalue weighted by molar-refractivity contribution is 9.10. The zero-order valence-electron chi connectivity index (χ0n) is 20.1. The number of benzene rings is 1. The van der Waals surface area contributed by atoms with Crippen LogP contribution in [0.4, 0.5) is 0 Å². The quantitative estimate of drug-likeness (QED) is 0.496. The van der Waals surface area contributed by atoms with Crippen LogP contribution in [0.25, 0.3) is 0 Å². The van der Waals surface area contributed by atoms with Gasteiger partial charge in [0.05, 0.1) is 17.2 Å².